The minimum Gasteiger partial charge on any atom is -0.450 e. The first-order valence-corrected chi connectivity index (χ1v) is 3.89. The zero-order chi connectivity index (χ0) is 10.3. The summed E-state index contributed by atoms with van der Waals surface area (Å²) in [7, 11) is 7.65. The molecular weight excluding hydrogens is 166 g/mol. The second-order valence-electron chi connectivity index (χ2n) is 2.86. The second-order valence-corrected chi connectivity index (χ2v) is 2.86. The summed E-state index contributed by atoms with van der Waals surface area (Å²) >= 11 is 0. The van der Waals surface area contributed by atoms with Crippen LogP contribution in [0.25, 0.3) is 0 Å². The van der Waals surface area contributed by atoms with E-state index in [1.54, 1.807) is 12.4 Å². The molecule has 1 heterocycles. The predicted octanol–water partition coefficient (Wildman–Crippen LogP) is -0.826. The van der Waals surface area contributed by atoms with Crippen molar-refractivity contribution >= 4 is 5.96 Å². The Balaban J connectivity index is 0.000000243. The van der Waals surface area contributed by atoms with Gasteiger partial charge in [-0.15, -0.1) is 0 Å². The Hall–Kier alpha value is -1.52. The Kier molecular flexibility index (Phi) is 5.34. The van der Waals surface area contributed by atoms with Gasteiger partial charge >= 0.3 is 5.96 Å². The summed E-state index contributed by atoms with van der Waals surface area (Å²) < 4.78 is 1.86. The largest absolute Gasteiger partial charge is 0.450 e. The van der Waals surface area contributed by atoms with Crippen LogP contribution in [0, 0.1) is 0 Å². The highest BCUT2D eigenvalue weighted by Crippen LogP contribution is 1.68. The molecule has 0 aromatic carbocycles. The lowest BCUT2D eigenvalue weighted by Gasteiger charge is -2.04. The number of nitrogens with two attached hydrogens (primary N) is 1. The molecule has 1 rings (SSSR count). The van der Waals surface area contributed by atoms with Crippen molar-refractivity contribution in [1.29, 1.82) is 0 Å². The Morgan fingerprint density at radius 2 is 2.08 bits per heavy atom. The maximum atomic E-state index is 5.53. The molecule has 0 radical (unpaired) electrons. The molecule has 1 aromatic rings. The summed E-state index contributed by atoms with van der Waals surface area (Å²) in [6.45, 7) is 0. The smallest absolute Gasteiger partial charge is 0.344 e. The lowest BCUT2D eigenvalue weighted by molar-refractivity contribution is -0.470. The number of hydrogen-bond donors (Lipinski definition) is 1. The van der Waals surface area contributed by atoms with Crippen molar-refractivity contribution in [2.45, 2.75) is 0 Å². The summed E-state index contributed by atoms with van der Waals surface area (Å²) in [5.41, 5.74) is 5.53. The number of rotatable bonds is 0. The van der Waals surface area contributed by atoms with Crippen molar-refractivity contribution < 1.29 is 4.58 Å². The van der Waals surface area contributed by atoms with Gasteiger partial charge in [-0.3, -0.25) is 15.2 Å². The number of hydrogen-bond acceptors (Lipinski definition) is 1. The van der Waals surface area contributed by atoms with Crippen LogP contribution in [0.5, 0.6) is 0 Å². The fourth-order valence-electron chi connectivity index (χ4n) is 0.592. The second kappa shape index (κ2) is 6.05. The standard InChI is InChI=1S/C5H13N3.C3H3N2/c1-7(2)5(6)8(3)4;1-2-5-3-4-1/h6H,1-4H3;1-3H/q;-1/p+1. The fourth-order valence-corrected chi connectivity index (χ4v) is 0.592. The summed E-state index contributed by atoms with van der Waals surface area (Å²) in [6, 6.07) is 0. The van der Waals surface area contributed by atoms with Crippen LogP contribution in [-0.4, -0.2) is 48.6 Å². The topological polar surface area (TPSA) is 59.3 Å². The third-order valence-corrected chi connectivity index (χ3v) is 1.29. The molecule has 0 aliphatic carbocycles. The monoisotopic (exact) mass is 183 g/mol. The molecule has 0 atom stereocenters. The van der Waals surface area contributed by atoms with Crippen LogP contribution >= 0.6 is 0 Å². The Morgan fingerprint density at radius 1 is 1.46 bits per heavy atom. The minimum atomic E-state index is 0.769. The molecule has 0 aliphatic rings. The fraction of sp³-hybridized carbons (Fsp3) is 0.500. The van der Waals surface area contributed by atoms with Crippen molar-refractivity contribution in [3.63, 3.8) is 0 Å². The third-order valence-electron chi connectivity index (χ3n) is 1.29. The van der Waals surface area contributed by atoms with Crippen molar-refractivity contribution in [3.8, 4) is 0 Å². The molecule has 0 fully saturated rings. The zero-order valence-corrected chi connectivity index (χ0v) is 8.60. The highest BCUT2D eigenvalue weighted by Gasteiger charge is 2.00. The van der Waals surface area contributed by atoms with Gasteiger partial charge in [0.25, 0.3) is 0 Å². The van der Waals surface area contributed by atoms with Gasteiger partial charge in [0.05, 0.1) is 28.2 Å². The Morgan fingerprint density at radius 3 is 2.15 bits per heavy atom. The van der Waals surface area contributed by atoms with Crippen LogP contribution in [0.4, 0.5) is 0 Å². The summed E-state index contributed by atoms with van der Waals surface area (Å²) in [6.07, 6.45) is 4.78. The van der Waals surface area contributed by atoms with E-state index in [-0.39, 0.29) is 0 Å². The first-order chi connectivity index (χ1) is 6.05. The Labute approximate surface area is 78.9 Å². The van der Waals surface area contributed by atoms with Gasteiger partial charge in [0, 0.05) is 0 Å². The lowest BCUT2D eigenvalue weighted by atomic mass is 10.8. The highest BCUT2D eigenvalue weighted by atomic mass is 15.2. The van der Waals surface area contributed by atoms with Crippen molar-refractivity contribution in [1.82, 2.24) is 14.9 Å². The SMILES string of the molecule is CN(C)C(N)=[N+](C)C.c1c[n-]cn1. The van der Waals surface area contributed by atoms with E-state index in [2.05, 4.69) is 9.97 Å². The van der Waals surface area contributed by atoms with Gasteiger partial charge in [-0.2, -0.15) is 0 Å². The molecule has 0 saturated carbocycles. The van der Waals surface area contributed by atoms with Crippen LogP contribution in [-0.2, 0) is 0 Å². The van der Waals surface area contributed by atoms with Crippen molar-refractivity contribution in [3.05, 3.63) is 18.7 Å². The molecule has 0 spiro atoms. The molecule has 2 N–H and O–H groups in total. The van der Waals surface area contributed by atoms with E-state index in [4.69, 9.17) is 5.73 Å². The molecular formula is C8H17N5. The predicted molar refractivity (Wildman–Crippen MR) is 52.5 cm³/mol. The average Bonchev–Trinajstić information content (AvgIpc) is 2.59. The van der Waals surface area contributed by atoms with Gasteiger partial charge in [0.1, 0.15) is 0 Å². The van der Waals surface area contributed by atoms with Gasteiger partial charge in [-0.1, -0.05) is 18.7 Å². The molecule has 0 saturated heterocycles. The Bertz CT molecular complexity index is 216. The number of nitrogens with zero attached hydrogens (tertiary/aromatic N) is 4. The molecule has 1 aromatic heterocycles. The van der Waals surface area contributed by atoms with E-state index in [9.17, 15) is 0 Å². The maximum absolute atomic E-state index is 5.53. The van der Waals surface area contributed by atoms with Gasteiger partial charge in [0.15, 0.2) is 0 Å². The third kappa shape index (κ3) is 5.72. The van der Waals surface area contributed by atoms with E-state index < -0.39 is 0 Å². The zero-order valence-electron chi connectivity index (χ0n) is 8.60. The van der Waals surface area contributed by atoms with Crippen LogP contribution in [0.3, 0.4) is 0 Å². The highest BCUT2D eigenvalue weighted by molar-refractivity contribution is 5.72. The van der Waals surface area contributed by atoms with E-state index >= 15 is 0 Å². The number of aromatic nitrogens is 2. The van der Waals surface area contributed by atoms with Gasteiger partial charge < -0.3 is 9.97 Å². The van der Waals surface area contributed by atoms with Crippen molar-refractivity contribution in [2.24, 2.45) is 5.73 Å². The average molecular weight is 183 g/mol. The lowest BCUT2D eigenvalue weighted by Crippen LogP contribution is -2.36. The molecule has 74 valence electrons. The maximum Gasteiger partial charge on any atom is 0.344 e. The molecule has 0 bridgehead atoms. The van der Waals surface area contributed by atoms with Crippen molar-refractivity contribution in [2.75, 3.05) is 28.2 Å². The van der Waals surface area contributed by atoms with E-state index in [1.807, 2.05) is 37.7 Å². The molecule has 0 amide bonds. The first-order valence-electron chi connectivity index (χ1n) is 3.89. The molecule has 5 heteroatoms. The summed E-state index contributed by atoms with van der Waals surface area (Å²) in [5.74, 6) is 0.769. The van der Waals surface area contributed by atoms with Crippen LogP contribution < -0.4 is 10.7 Å². The van der Waals surface area contributed by atoms with Gasteiger partial charge in [0.2, 0.25) is 0 Å². The van der Waals surface area contributed by atoms with E-state index in [0.717, 1.165) is 5.96 Å². The first kappa shape index (κ1) is 11.5. The van der Waals surface area contributed by atoms with Crippen LogP contribution in [0.15, 0.2) is 18.7 Å². The van der Waals surface area contributed by atoms with E-state index in [0.29, 0.717) is 0 Å². The molecule has 0 unspecified atom stereocenters. The summed E-state index contributed by atoms with van der Waals surface area (Å²) in [4.78, 5) is 9.08. The molecule has 13 heavy (non-hydrogen) atoms. The normalized spacial score (nSPS) is 8.31. The quantitative estimate of drug-likeness (QED) is 0.324. The van der Waals surface area contributed by atoms with Gasteiger partial charge in [-0.25, -0.2) is 0 Å². The summed E-state index contributed by atoms with van der Waals surface area (Å²) in [5, 5.41) is 0. The number of guanidine groups is 1. The van der Waals surface area contributed by atoms with E-state index in [1.165, 1.54) is 6.33 Å². The van der Waals surface area contributed by atoms with Gasteiger partial charge in [-0.05, 0) is 0 Å². The van der Waals surface area contributed by atoms with Crippen LogP contribution in [0.2, 0.25) is 0 Å². The molecule has 0 aliphatic heterocycles. The minimum absolute atomic E-state index is 0.769. The number of imidazole rings is 1. The van der Waals surface area contributed by atoms with Crippen LogP contribution in [0.1, 0.15) is 0 Å². The molecule has 5 nitrogen and oxygen atoms in total.